The summed E-state index contributed by atoms with van der Waals surface area (Å²) >= 11 is 0. The molecule has 9 aromatic rings. The van der Waals surface area contributed by atoms with Crippen LogP contribution in [0.5, 0.6) is 11.5 Å². The molecule has 5 nitrogen and oxygen atoms in total. The minimum absolute atomic E-state index is 0. The van der Waals surface area contributed by atoms with Gasteiger partial charge in [0.15, 0.2) is 0 Å². The molecule has 0 aliphatic carbocycles. The van der Waals surface area contributed by atoms with E-state index < -0.39 is 0 Å². The van der Waals surface area contributed by atoms with Crippen LogP contribution in [0.2, 0.25) is 0 Å². The fraction of sp³-hybridized carbons (Fsp3) is 0.269. The molecule has 1 aliphatic rings. The first-order valence-electron chi connectivity index (χ1n) is 25.1. The SMILES string of the molecule is CC(C)(C)c1ccnc(-n2c3[c-]c(Oc4[c-]c(N5[CH-]N(c6cc(C(C)(C)c7ccccc7)cc(C(C)(C)c7ccccc7)c6)c6cc(C(C)(C)C)ccc65)ccc4)cc(C(C)(C)C)c3c3ccccc32)c1.[CH3-].[Pt+4]. The maximum Gasteiger partial charge on any atom is 4.00 e. The largest absolute Gasteiger partial charge is 4.00 e. The number of fused-ring (bicyclic) bond motifs is 4. The van der Waals surface area contributed by atoms with Crippen molar-refractivity contribution < 1.29 is 25.8 Å². The van der Waals surface area contributed by atoms with Gasteiger partial charge in [0.25, 0.3) is 0 Å². The smallest absolute Gasteiger partial charge is 0.509 e. The average Bonchev–Trinajstić information content (AvgIpc) is 3.89. The van der Waals surface area contributed by atoms with E-state index in [4.69, 9.17) is 9.72 Å². The van der Waals surface area contributed by atoms with Crippen molar-refractivity contribution in [1.82, 2.24) is 9.55 Å². The summed E-state index contributed by atoms with van der Waals surface area (Å²) in [7, 11) is 0. The molecule has 73 heavy (non-hydrogen) atoms. The topological polar surface area (TPSA) is 33.5 Å². The van der Waals surface area contributed by atoms with Gasteiger partial charge in [-0.3, -0.25) is 0 Å². The summed E-state index contributed by atoms with van der Waals surface area (Å²) in [6.07, 6.45) is 1.92. The molecule has 2 aromatic heterocycles. The monoisotopic (exact) mass is 1140 g/mol. The van der Waals surface area contributed by atoms with Crippen molar-refractivity contribution in [2.75, 3.05) is 9.80 Å². The van der Waals surface area contributed by atoms with Crippen LogP contribution in [-0.2, 0) is 48.1 Å². The predicted octanol–water partition coefficient (Wildman–Crippen LogP) is 18.0. The number of hydrogen-bond acceptors (Lipinski definition) is 4. The Kier molecular flexibility index (Phi) is 14.1. The minimum Gasteiger partial charge on any atom is -0.509 e. The van der Waals surface area contributed by atoms with E-state index in [9.17, 15) is 0 Å². The summed E-state index contributed by atoms with van der Waals surface area (Å²) in [6, 6.07) is 64.6. The number of ether oxygens (including phenoxy) is 1. The third-order valence-corrected chi connectivity index (χ3v) is 14.8. The number of benzene rings is 7. The first-order valence-corrected chi connectivity index (χ1v) is 25.1. The van der Waals surface area contributed by atoms with Gasteiger partial charge in [-0.15, -0.1) is 48.3 Å². The molecule has 3 heterocycles. The summed E-state index contributed by atoms with van der Waals surface area (Å²) in [5.74, 6) is 2.09. The molecular formula is C67H70N4OPt. The molecule has 0 radical (unpaired) electrons. The first-order chi connectivity index (χ1) is 33.6. The van der Waals surface area contributed by atoms with Crippen LogP contribution in [-0.4, -0.2) is 9.55 Å². The Labute approximate surface area is 450 Å². The second kappa shape index (κ2) is 19.5. The zero-order chi connectivity index (χ0) is 50.3. The van der Waals surface area contributed by atoms with Crippen LogP contribution in [0.25, 0.3) is 27.6 Å². The number of rotatable bonds is 9. The maximum atomic E-state index is 6.94. The van der Waals surface area contributed by atoms with Gasteiger partial charge in [-0.05, 0) is 97.5 Å². The van der Waals surface area contributed by atoms with Crippen LogP contribution in [0, 0.1) is 26.2 Å². The predicted molar refractivity (Wildman–Crippen MR) is 304 cm³/mol. The Morgan fingerprint density at radius 3 is 1.67 bits per heavy atom. The average molecular weight is 1140 g/mol. The van der Waals surface area contributed by atoms with Crippen LogP contribution < -0.4 is 14.5 Å². The van der Waals surface area contributed by atoms with Crippen LogP contribution >= 0.6 is 0 Å². The Morgan fingerprint density at radius 1 is 0.479 bits per heavy atom. The Hall–Kier alpha value is -6.42. The molecule has 0 bridgehead atoms. The minimum atomic E-state index is -0.276. The molecule has 0 spiro atoms. The van der Waals surface area contributed by atoms with E-state index in [1.165, 1.54) is 44.3 Å². The molecule has 1 aliphatic heterocycles. The van der Waals surface area contributed by atoms with E-state index in [1.54, 1.807) is 0 Å². The molecule has 0 atom stereocenters. The second-order valence-corrected chi connectivity index (χ2v) is 23.6. The van der Waals surface area contributed by atoms with Gasteiger partial charge in [0, 0.05) is 51.1 Å². The van der Waals surface area contributed by atoms with E-state index >= 15 is 0 Å². The van der Waals surface area contributed by atoms with Gasteiger partial charge in [-0.25, -0.2) is 4.98 Å². The zero-order valence-corrected chi connectivity index (χ0v) is 47.5. The van der Waals surface area contributed by atoms with Crippen molar-refractivity contribution in [3.8, 4) is 17.3 Å². The standard InChI is InChI=1S/C66H67N4O.CH3.Pt/c1-62(2,3)46-31-32-57-58(38-46)69(51-36-48(65(10,11)44-23-16-14-17-24-44)35-49(37-51)66(12,13)45-25-18-15-19-26-45)43-68(57)50-27-22-28-52(40-50)71-53-41-55(64(7,8)9)61-54-29-20-21-30-56(54)70(59(61)42-53)60-39-47(33-34-67-60)63(4,5)6;;/h14-39,41,43H,1-13H3;1H3;/q-3;-1;+4. The normalized spacial score (nSPS) is 13.2. The van der Waals surface area contributed by atoms with Gasteiger partial charge >= 0.3 is 21.1 Å². The molecule has 374 valence electrons. The van der Waals surface area contributed by atoms with Crippen molar-refractivity contribution in [1.29, 1.82) is 0 Å². The quantitative estimate of drug-likeness (QED) is 0.135. The van der Waals surface area contributed by atoms with Gasteiger partial charge in [0.1, 0.15) is 5.82 Å². The first kappa shape index (κ1) is 52.9. The molecule has 6 heteroatoms. The number of aromatic nitrogens is 2. The van der Waals surface area contributed by atoms with Crippen molar-refractivity contribution in [2.24, 2.45) is 0 Å². The molecule has 0 saturated carbocycles. The van der Waals surface area contributed by atoms with Crippen LogP contribution in [0.3, 0.4) is 0 Å². The number of hydrogen-bond donors (Lipinski definition) is 0. The summed E-state index contributed by atoms with van der Waals surface area (Å²) < 4.78 is 9.19. The Morgan fingerprint density at radius 2 is 1.07 bits per heavy atom. The molecule has 10 rings (SSSR count). The molecule has 0 amide bonds. The van der Waals surface area contributed by atoms with Gasteiger partial charge in [0.05, 0.1) is 0 Å². The Bertz CT molecular complexity index is 3370. The van der Waals surface area contributed by atoms with E-state index in [-0.39, 0.29) is 55.6 Å². The van der Waals surface area contributed by atoms with Crippen molar-refractivity contribution in [3.05, 3.63) is 229 Å². The summed E-state index contributed by atoms with van der Waals surface area (Å²) in [5.41, 5.74) is 14.0. The number of anilines is 4. The molecule has 0 N–H and O–H groups in total. The van der Waals surface area contributed by atoms with Crippen LogP contribution in [0.15, 0.2) is 164 Å². The van der Waals surface area contributed by atoms with Crippen molar-refractivity contribution >= 4 is 44.6 Å². The van der Waals surface area contributed by atoms with E-state index in [0.29, 0.717) is 11.5 Å². The van der Waals surface area contributed by atoms with Crippen LogP contribution in [0.4, 0.5) is 22.7 Å². The maximum absolute atomic E-state index is 6.94. The zero-order valence-electron chi connectivity index (χ0n) is 45.2. The fourth-order valence-corrected chi connectivity index (χ4v) is 10.2. The summed E-state index contributed by atoms with van der Waals surface area (Å²) in [5, 5.41) is 2.32. The third kappa shape index (κ3) is 9.91. The van der Waals surface area contributed by atoms with Gasteiger partial charge < -0.3 is 26.5 Å². The number of pyridine rings is 1. The molecule has 0 unspecified atom stereocenters. The second-order valence-electron chi connectivity index (χ2n) is 23.6. The number of para-hydroxylation sites is 1. The molecule has 7 aromatic carbocycles. The summed E-state index contributed by atoms with van der Waals surface area (Å²) in [4.78, 5) is 9.60. The Balaban J connectivity index is 0.00000356. The molecular weight excluding hydrogens is 1070 g/mol. The van der Waals surface area contributed by atoms with Gasteiger partial charge in [-0.2, -0.15) is 6.07 Å². The van der Waals surface area contributed by atoms with E-state index in [0.717, 1.165) is 45.0 Å². The summed E-state index contributed by atoms with van der Waals surface area (Å²) in [6.45, 7) is 32.0. The van der Waals surface area contributed by atoms with Crippen LogP contribution in [0.1, 0.15) is 129 Å². The molecule has 0 fully saturated rings. The molecule has 0 saturated heterocycles. The van der Waals surface area contributed by atoms with Gasteiger partial charge in [-0.1, -0.05) is 192 Å². The number of nitrogens with zero attached hydrogens (tertiary/aromatic N) is 4. The van der Waals surface area contributed by atoms with Crippen molar-refractivity contribution in [2.45, 2.75) is 117 Å². The van der Waals surface area contributed by atoms with E-state index in [1.807, 2.05) is 12.3 Å². The van der Waals surface area contributed by atoms with Gasteiger partial charge in [0.2, 0.25) is 0 Å². The van der Waals surface area contributed by atoms with Crippen molar-refractivity contribution in [3.63, 3.8) is 0 Å². The fourth-order valence-electron chi connectivity index (χ4n) is 10.2. The third-order valence-electron chi connectivity index (χ3n) is 14.8. The van der Waals surface area contributed by atoms with E-state index in [2.05, 4.69) is 275 Å².